The van der Waals surface area contributed by atoms with Gasteiger partial charge in [-0.05, 0) is 49.4 Å². The molecule has 0 heterocycles. The van der Waals surface area contributed by atoms with E-state index < -0.39 is 0 Å². The molecular formula is C16H24BrNO2. The summed E-state index contributed by atoms with van der Waals surface area (Å²) in [5.74, 6) is 0.735. The molecule has 0 aliphatic heterocycles. The normalized spacial score (nSPS) is 21.7. The van der Waals surface area contributed by atoms with Crippen molar-refractivity contribution in [1.29, 1.82) is 0 Å². The number of methoxy groups -OCH3 is 1. The van der Waals surface area contributed by atoms with Gasteiger partial charge >= 0.3 is 0 Å². The topological polar surface area (TPSA) is 30.5 Å². The van der Waals surface area contributed by atoms with Crippen molar-refractivity contribution in [2.75, 3.05) is 33.5 Å². The van der Waals surface area contributed by atoms with Crippen molar-refractivity contribution < 1.29 is 9.47 Å². The van der Waals surface area contributed by atoms with Gasteiger partial charge in [0.2, 0.25) is 0 Å². The average molecular weight is 342 g/mol. The standard InChI is InChI=1S/C16H24BrNO2/c1-19-9-10-20-8-2-7-18-16-11-14(12-16)13-3-5-15(17)6-4-13/h3-6,14,16,18H,2,7-12H2,1H3. The van der Waals surface area contributed by atoms with Crippen LogP contribution in [0.4, 0.5) is 0 Å². The molecule has 0 saturated heterocycles. The lowest BCUT2D eigenvalue weighted by atomic mass is 9.76. The summed E-state index contributed by atoms with van der Waals surface area (Å²) in [6.07, 6.45) is 3.58. The quantitative estimate of drug-likeness (QED) is 0.699. The van der Waals surface area contributed by atoms with Crippen LogP contribution in [0.5, 0.6) is 0 Å². The van der Waals surface area contributed by atoms with E-state index in [9.17, 15) is 0 Å². The summed E-state index contributed by atoms with van der Waals surface area (Å²) in [7, 11) is 1.70. The SMILES string of the molecule is COCCOCCCNC1CC(c2ccc(Br)cc2)C1. The molecule has 0 unspecified atom stereocenters. The molecule has 1 aromatic carbocycles. The van der Waals surface area contributed by atoms with E-state index in [4.69, 9.17) is 9.47 Å². The van der Waals surface area contributed by atoms with Gasteiger partial charge in [0.15, 0.2) is 0 Å². The van der Waals surface area contributed by atoms with E-state index in [0.717, 1.165) is 30.0 Å². The zero-order valence-corrected chi connectivity index (χ0v) is 13.7. The molecule has 20 heavy (non-hydrogen) atoms. The molecule has 0 spiro atoms. The number of halogens is 1. The predicted molar refractivity (Wildman–Crippen MR) is 85.2 cm³/mol. The third kappa shape index (κ3) is 5.17. The molecule has 2 rings (SSSR count). The Kier molecular flexibility index (Phi) is 7.00. The lowest BCUT2D eigenvalue weighted by molar-refractivity contribution is 0.0688. The van der Waals surface area contributed by atoms with Crippen LogP contribution in [0.2, 0.25) is 0 Å². The molecule has 1 aliphatic carbocycles. The Morgan fingerprint density at radius 2 is 1.90 bits per heavy atom. The average Bonchev–Trinajstić information content (AvgIpc) is 2.41. The number of nitrogens with one attached hydrogen (secondary N) is 1. The van der Waals surface area contributed by atoms with Crippen molar-refractivity contribution in [1.82, 2.24) is 5.32 Å². The molecule has 0 bridgehead atoms. The first-order valence-electron chi connectivity index (χ1n) is 7.35. The molecule has 1 saturated carbocycles. The highest BCUT2D eigenvalue weighted by atomic mass is 79.9. The molecule has 1 aromatic rings. The van der Waals surface area contributed by atoms with E-state index in [-0.39, 0.29) is 0 Å². The van der Waals surface area contributed by atoms with Crippen LogP contribution >= 0.6 is 15.9 Å². The van der Waals surface area contributed by atoms with Crippen LogP contribution in [-0.2, 0) is 9.47 Å². The maximum atomic E-state index is 5.44. The Bertz CT molecular complexity index is 377. The molecule has 112 valence electrons. The lowest BCUT2D eigenvalue weighted by Gasteiger charge is -2.36. The van der Waals surface area contributed by atoms with Crippen molar-refractivity contribution >= 4 is 15.9 Å². The molecular weight excluding hydrogens is 318 g/mol. The summed E-state index contributed by atoms with van der Waals surface area (Å²) < 4.78 is 11.5. The zero-order chi connectivity index (χ0) is 14.2. The minimum Gasteiger partial charge on any atom is -0.382 e. The Morgan fingerprint density at radius 3 is 2.60 bits per heavy atom. The minimum absolute atomic E-state index is 0.683. The molecule has 1 N–H and O–H groups in total. The van der Waals surface area contributed by atoms with Crippen LogP contribution in [0.25, 0.3) is 0 Å². The summed E-state index contributed by atoms with van der Waals surface area (Å²) in [5, 5.41) is 3.60. The smallest absolute Gasteiger partial charge is 0.0700 e. The van der Waals surface area contributed by atoms with Gasteiger partial charge in [0, 0.05) is 24.2 Å². The summed E-state index contributed by atoms with van der Waals surface area (Å²) in [6, 6.07) is 9.41. The van der Waals surface area contributed by atoms with Gasteiger partial charge in [0.1, 0.15) is 0 Å². The highest BCUT2D eigenvalue weighted by Crippen LogP contribution is 2.37. The number of hydrogen-bond acceptors (Lipinski definition) is 3. The van der Waals surface area contributed by atoms with E-state index >= 15 is 0 Å². The first-order chi connectivity index (χ1) is 9.79. The number of hydrogen-bond donors (Lipinski definition) is 1. The molecule has 0 radical (unpaired) electrons. The van der Waals surface area contributed by atoms with Crippen LogP contribution in [-0.4, -0.2) is 39.5 Å². The van der Waals surface area contributed by atoms with Gasteiger partial charge in [-0.25, -0.2) is 0 Å². The molecule has 0 amide bonds. The second-order valence-electron chi connectivity index (χ2n) is 5.33. The summed E-state index contributed by atoms with van der Waals surface area (Å²) in [4.78, 5) is 0. The first kappa shape index (κ1) is 16.0. The minimum atomic E-state index is 0.683. The van der Waals surface area contributed by atoms with Gasteiger partial charge in [-0.1, -0.05) is 28.1 Å². The highest BCUT2D eigenvalue weighted by Gasteiger charge is 2.29. The fourth-order valence-corrected chi connectivity index (χ4v) is 2.78. The third-order valence-electron chi connectivity index (χ3n) is 3.81. The van der Waals surface area contributed by atoms with Crippen LogP contribution in [0, 0.1) is 0 Å². The van der Waals surface area contributed by atoms with E-state index in [1.165, 1.54) is 18.4 Å². The van der Waals surface area contributed by atoms with Crippen LogP contribution in [0.1, 0.15) is 30.7 Å². The van der Waals surface area contributed by atoms with E-state index in [1.807, 2.05) is 0 Å². The van der Waals surface area contributed by atoms with Gasteiger partial charge in [0.05, 0.1) is 13.2 Å². The fourth-order valence-electron chi connectivity index (χ4n) is 2.52. The summed E-state index contributed by atoms with van der Waals surface area (Å²) >= 11 is 3.48. The lowest BCUT2D eigenvalue weighted by Crippen LogP contribution is -2.40. The van der Waals surface area contributed by atoms with Crippen molar-refractivity contribution in [2.24, 2.45) is 0 Å². The van der Waals surface area contributed by atoms with Crippen molar-refractivity contribution in [3.8, 4) is 0 Å². The first-order valence-corrected chi connectivity index (χ1v) is 8.14. The maximum absolute atomic E-state index is 5.44. The Hall–Kier alpha value is -0.420. The molecule has 3 nitrogen and oxygen atoms in total. The second kappa shape index (κ2) is 8.78. The van der Waals surface area contributed by atoms with E-state index in [1.54, 1.807) is 7.11 Å². The molecule has 1 aliphatic rings. The van der Waals surface area contributed by atoms with Crippen LogP contribution in [0.15, 0.2) is 28.7 Å². The Morgan fingerprint density at radius 1 is 1.15 bits per heavy atom. The second-order valence-corrected chi connectivity index (χ2v) is 6.25. The Labute approximate surface area is 130 Å². The largest absolute Gasteiger partial charge is 0.382 e. The summed E-state index contributed by atoms with van der Waals surface area (Å²) in [5.41, 5.74) is 1.47. The van der Waals surface area contributed by atoms with Crippen molar-refractivity contribution in [3.05, 3.63) is 34.3 Å². The van der Waals surface area contributed by atoms with Gasteiger partial charge < -0.3 is 14.8 Å². The highest BCUT2D eigenvalue weighted by molar-refractivity contribution is 9.10. The number of ether oxygens (including phenoxy) is 2. The van der Waals surface area contributed by atoms with Crippen molar-refractivity contribution in [3.63, 3.8) is 0 Å². The van der Waals surface area contributed by atoms with Crippen LogP contribution < -0.4 is 5.32 Å². The van der Waals surface area contributed by atoms with Gasteiger partial charge in [-0.3, -0.25) is 0 Å². The predicted octanol–water partition coefficient (Wildman–Crippen LogP) is 3.34. The van der Waals surface area contributed by atoms with Gasteiger partial charge in [0.25, 0.3) is 0 Å². The third-order valence-corrected chi connectivity index (χ3v) is 4.34. The summed E-state index contributed by atoms with van der Waals surface area (Å²) in [6.45, 7) is 3.25. The maximum Gasteiger partial charge on any atom is 0.0700 e. The number of benzene rings is 1. The zero-order valence-electron chi connectivity index (χ0n) is 12.1. The molecule has 4 heteroatoms. The van der Waals surface area contributed by atoms with Gasteiger partial charge in [-0.15, -0.1) is 0 Å². The molecule has 0 atom stereocenters. The monoisotopic (exact) mass is 341 g/mol. The van der Waals surface area contributed by atoms with E-state index in [0.29, 0.717) is 19.3 Å². The van der Waals surface area contributed by atoms with Crippen LogP contribution in [0.3, 0.4) is 0 Å². The van der Waals surface area contributed by atoms with E-state index in [2.05, 4.69) is 45.5 Å². The van der Waals surface area contributed by atoms with Gasteiger partial charge in [-0.2, -0.15) is 0 Å². The number of rotatable bonds is 9. The van der Waals surface area contributed by atoms with Crippen molar-refractivity contribution in [2.45, 2.75) is 31.2 Å². The molecule has 0 aromatic heterocycles. The Balaban J connectivity index is 1.50. The fraction of sp³-hybridized carbons (Fsp3) is 0.625. The molecule has 1 fully saturated rings.